The smallest absolute Gasteiger partial charge is 0.315 e. The molecule has 0 spiro atoms. The maximum absolute atomic E-state index is 13.1. The molecule has 1 aromatic heterocycles. The number of imidazole rings is 1. The minimum atomic E-state index is -0.280. The van der Waals surface area contributed by atoms with Gasteiger partial charge in [0.25, 0.3) is 0 Å². The number of fused-ring (bicyclic) bond motifs is 1. The van der Waals surface area contributed by atoms with Crippen LogP contribution in [0.25, 0.3) is 11.0 Å². The summed E-state index contributed by atoms with van der Waals surface area (Å²) in [7, 11) is 1.66. The Balaban J connectivity index is 1.43. The zero-order chi connectivity index (χ0) is 22.1. The van der Waals surface area contributed by atoms with Gasteiger partial charge in [-0.05, 0) is 68.4 Å². The predicted molar refractivity (Wildman–Crippen MR) is 123 cm³/mol. The monoisotopic (exact) mass is 434 g/mol. The van der Waals surface area contributed by atoms with E-state index in [1.165, 1.54) is 5.56 Å². The van der Waals surface area contributed by atoms with Crippen molar-refractivity contribution in [3.63, 3.8) is 0 Å². The maximum atomic E-state index is 13.1. The molecule has 2 aromatic carbocycles. The summed E-state index contributed by atoms with van der Waals surface area (Å²) < 4.78 is 5.33. The van der Waals surface area contributed by atoms with E-state index >= 15 is 0 Å². The van der Waals surface area contributed by atoms with Crippen LogP contribution in [-0.4, -0.2) is 40.4 Å². The Hall–Kier alpha value is -3.06. The maximum Gasteiger partial charge on any atom is 0.315 e. The summed E-state index contributed by atoms with van der Waals surface area (Å²) in [6, 6.07) is 15.7. The summed E-state index contributed by atoms with van der Waals surface area (Å²) in [6.07, 6.45) is 4.75. The average molecular weight is 435 g/mol. The van der Waals surface area contributed by atoms with Gasteiger partial charge in [-0.25, -0.2) is 9.78 Å². The van der Waals surface area contributed by atoms with Crippen LogP contribution in [0.4, 0.5) is 4.79 Å². The molecule has 2 fully saturated rings. The van der Waals surface area contributed by atoms with Crippen molar-refractivity contribution >= 4 is 17.1 Å². The highest BCUT2D eigenvalue weighted by Crippen LogP contribution is 2.56. The van der Waals surface area contributed by atoms with Crippen LogP contribution < -0.4 is 15.4 Å². The number of carbonyl (C=O) groups is 1. The number of aromatic nitrogens is 2. The average Bonchev–Trinajstić information content (AvgIpc) is 3.50. The lowest BCUT2D eigenvalue weighted by atomic mass is 9.87. The van der Waals surface area contributed by atoms with E-state index in [-0.39, 0.29) is 29.6 Å². The van der Waals surface area contributed by atoms with Gasteiger partial charge in [-0.1, -0.05) is 24.3 Å². The normalized spacial score (nSPS) is 22.8. The first-order valence-corrected chi connectivity index (χ1v) is 11.4. The van der Waals surface area contributed by atoms with Gasteiger partial charge in [-0.15, -0.1) is 0 Å². The third kappa shape index (κ3) is 4.05. The van der Waals surface area contributed by atoms with Gasteiger partial charge in [0.15, 0.2) is 0 Å². The van der Waals surface area contributed by atoms with Crippen LogP contribution in [0.3, 0.4) is 0 Å². The first kappa shape index (κ1) is 20.8. The van der Waals surface area contributed by atoms with Gasteiger partial charge >= 0.3 is 6.03 Å². The lowest BCUT2D eigenvalue weighted by Gasteiger charge is -2.30. The molecule has 1 heterocycles. The number of amides is 2. The van der Waals surface area contributed by atoms with E-state index in [1.807, 2.05) is 36.4 Å². The molecule has 2 amide bonds. The molecule has 1 unspecified atom stereocenters. The SMILES string of the molecule is COc1ccc(C2(C(NC(=O)N[C@H]3CC[C@H](O)CC3)c3nc4ccccc4[nH]3)CC2)cc1. The van der Waals surface area contributed by atoms with Crippen molar-refractivity contribution in [3.05, 3.63) is 59.9 Å². The van der Waals surface area contributed by atoms with Crippen LogP contribution in [-0.2, 0) is 5.41 Å². The van der Waals surface area contributed by atoms with Gasteiger partial charge in [0, 0.05) is 11.5 Å². The second kappa shape index (κ2) is 8.47. The van der Waals surface area contributed by atoms with Crippen LogP contribution in [0.2, 0.25) is 0 Å². The minimum Gasteiger partial charge on any atom is -0.497 e. The van der Waals surface area contributed by atoms with Crippen LogP contribution >= 0.6 is 0 Å². The van der Waals surface area contributed by atoms with Crippen LogP contribution in [0.15, 0.2) is 48.5 Å². The zero-order valence-corrected chi connectivity index (χ0v) is 18.3. The van der Waals surface area contributed by atoms with E-state index < -0.39 is 0 Å². The fourth-order valence-corrected chi connectivity index (χ4v) is 4.96. The zero-order valence-electron chi connectivity index (χ0n) is 18.3. The quantitative estimate of drug-likeness (QED) is 0.472. The number of para-hydroxylation sites is 2. The molecule has 2 saturated carbocycles. The van der Waals surface area contributed by atoms with Crippen molar-refractivity contribution < 1.29 is 14.6 Å². The third-order valence-electron chi connectivity index (χ3n) is 6.99. The number of methoxy groups -OCH3 is 1. The van der Waals surface area contributed by atoms with Gasteiger partial charge in [-0.2, -0.15) is 0 Å². The van der Waals surface area contributed by atoms with Gasteiger partial charge < -0.3 is 25.5 Å². The lowest BCUT2D eigenvalue weighted by molar-refractivity contribution is 0.117. The number of urea groups is 1. The van der Waals surface area contributed by atoms with Crippen LogP contribution in [0.5, 0.6) is 5.75 Å². The van der Waals surface area contributed by atoms with Crippen LogP contribution in [0, 0.1) is 0 Å². The first-order valence-electron chi connectivity index (χ1n) is 11.4. The summed E-state index contributed by atoms with van der Waals surface area (Å²) >= 11 is 0. The molecule has 0 aliphatic heterocycles. The number of nitrogens with zero attached hydrogens (tertiary/aromatic N) is 1. The number of rotatable bonds is 6. The van der Waals surface area contributed by atoms with E-state index in [0.29, 0.717) is 0 Å². The number of H-pyrrole nitrogens is 1. The van der Waals surface area contributed by atoms with Crippen molar-refractivity contribution in [2.75, 3.05) is 7.11 Å². The van der Waals surface area contributed by atoms with Crippen molar-refractivity contribution in [1.29, 1.82) is 0 Å². The molecule has 2 aliphatic rings. The fourth-order valence-electron chi connectivity index (χ4n) is 4.96. The highest BCUT2D eigenvalue weighted by atomic mass is 16.5. The number of hydrogen-bond acceptors (Lipinski definition) is 4. The summed E-state index contributed by atoms with van der Waals surface area (Å²) in [5, 5.41) is 16.1. The predicted octanol–water partition coefficient (Wildman–Crippen LogP) is 3.95. The molecule has 5 rings (SSSR count). The molecule has 1 atom stereocenters. The molecule has 7 heteroatoms. The molecule has 0 radical (unpaired) electrons. The Kier molecular flexibility index (Phi) is 5.51. The molecular formula is C25H30N4O3. The Morgan fingerprint density at radius 2 is 1.84 bits per heavy atom. The number of ether oxygens (including phenoxy) is 1. The third-order valence-corrected chi connectivity index (χ3v) is 6.99. The van der Waals surface area contributed by atoms with Crippen molar-refractivity contribution in [3.8, 4) is 5.75 Å². The minimum absolute atomic E-state index is 0.0888. The Morgan fingerprint density at radius 1 is 1.12 bits per heavy atom. The van der Waals surface area contributed by atoms with E-state index in [1.54, 1.807) is 7.11 Å². The molecule has 3 aromatic rings. The topological polar surface area (TPSA) is 99.3 Å². The van der Waals surface area contributed by atoms with Gasteiger partial charge in [-0.3, -0.25) is 0 Å². The van der Waals surface area contributed by atoms with Crippen molar-refractivity contribution in [2.24, 2.45) is 0 Å². The second-order valence-electron chi connectivity index (χ2n) is 9.08. The van der Waals surface area contributed by atoms with Gasteiger partial charge in [0.1, 0.15) is 11.6 Å². The number of aliphatic hydroxyl groups excluding tert-OH is 1. The number of benzene rings is 2. The number of hydrogen-bond donors (Lipinski definition) is 4. The lowest BCUT2D eigenvalue weighted by Crippen LogP contribution is -2.47. The van der Waals surface area contributed by atoms with E-state index in [0.717, 1.165) is 61.1 Å². The molecule has 32 heavy (non-hydrogen) atoms. The second-order valence-corrected chi connectivity index (χ2v) is 9.08. The Morgan fingerprint density at radius 3 is 2.50 bits per heavy atom. The summed E-state index contributed by atoms with van der Waals surface area (Å²) in [6.45, 7) is 0. The van der Waals surface area contributed by atoms with Crippen LogP contribution in [0.1, 0.15) is 56.0 Å². The summed E-state index contributed by atoms with van der Waals surface area (Å²) in [5.41, 5.74) is 2.81. The number of nitrogens with one attached hydrogen (secondary N) is 3. The first-order chi connectivity index (χ1) is 15.6. The molecular weight excluding hydrogens is 404 g/mol. The molecule has 0 bridgehead atoms. The van der Waals surface area contributed by atoms with Gasteiger partial charge in [0.05, 0.1) is 30.3 Å². The molecule has 0 saturated heterocycles. The Bertz CT molecular complexity index is 1050. The fraction of sp³-hybridized carbons (Fsp3) is 0.440. The van der Waals surface area contributed by atoms with Crippen molar-refractivity contribution in [1.82, 2.24) is 20.6 Å². The highest BCUT2D eigenvalue weighted by molar-refractivity contribution is 5.77. The number of aromatic amines is 1. The standard InChI is InChI=1S/C25H30N4O3/c1-32-19-12-6-16(7-13-19)25(14-15-25)22(23-27-20-4-2-3-5-21(20)28-23)29-24(31)26-17-8-10-18(30)11-9-17/h2-7,12-13,17-18,22,30H,8-11,14-15H2,1H3,(H,27,28)(H2,26,29,31)/t17-,18-,22?. The summed E-state index contributed by atoms with van der Waals surface area (Å²) in [5.74, 6) is 1.59. The molecule has 4 N–H and O–H groups in total. The van der Waals surface area contributed by atoms with E-state index in [4.69, 9.17) is 9.72 Å². The van der Waals surface area contributed by atoms with E-state index in [2.05, 4.69) is 27.8 Å². The highest BCUT2D eigenvalue weighted by Gasteiger charge is 2.53. The van der Waals surface area contributed by atoms with E-state index in [9.17, 15) is 9.90 Å². The Labute approximate surface area is 187 Å². The number of carbonyl (C=O) groups excluding carboxylic acids is 1. The summed E-state index contributed by atoms with van der Waals surface area (Å²) in [4.78, 5) is 21.3. The largest absolute Gasteiger partial charge is 0.497 e. The molecule has 168 valence electrons. The van der Waals surface area contributed by atoms with Gasteiger partial charge in [0.2, 0.25) is 0 Å². The molecule has 7 nitrogen and oxygen atoms in total. The van der Waals surface area contributed by atoms with Crippen molar-refractivity contribution in [2.45, 2.75) is 62.1 Å². The number of aliphatic hydroxyl groups is 1. The molecule has 2 aliphatic carbocycles.